The number of nitrogens with one attached hydrogen (secondary N) is 2. The fourth-order valence-corrected chi connectivity index (χ4v) is 3.47. The summed E-state index contributed by atoms with van der Waals surface area (Å²) in [6.07, 6.45) is 3.11. The molecule has 0 fully saturated rings. The van der Waals surface area contributed by atoms with E-state index in [2.05, 4.69) is 25.9 Å². The summed E-state index contributed by atoms with van der Waals surface area (Å²) >= 11 is 1.23. The highest BCUT2D eigenvalue weighted by molar-refractivity contribution is 8.00. The van der Waals surface area contributed by atoms with Gasteiger partial charge in [0.15, 0.2) is 12.3 Å². The van der Waals surface area contributed by atoms with Gasteiger partial charge in [0.2, 0.25) is 5.91 Å². The molecule has 4 rings (SSSR count). The van der Waals surface area contributed by atoms with E-state index in [1.807, 2.05) is 36.4 Å². The average molecular weight is 434 g/mol. The minimum absolute atomic E-state index is 0.0580. The van der Waals surface area contributed by atoms with Crippen molar-refractivity contribution in [1.29, 1.82) is 0 Å². The number of rotatable bonds is 7. The van der Waals surface area contributed by atoms with Crippen LogP contribution < -0.4 is 15.6 Å². The third kappa shape index (κ3) is 5.17. The minimum Gasteiger partial charge on any atom is -0.484 e. The number of para-hydroxylation sites is 2. The molecule has 0 atom stereocenters. The van der Waals surface area contributed by atoms with Crippen LogP contribution in [0.4, 0.5) is 0 Å². The highest BCUT2D eigenvalue weighted by Crippen LogP contribution is 2.25. The molecule has 0 saturated heterocycles. The Morgan fingerprint density at radius 1 is 0.935 bits per heavy atom. The maximum absolute atomic E-state index is 12.1. The van der Waals surface area contributed by atoms with Crippen molar-refractivity contribution in [3.05, 3.63) is 73.2 Å². The standard InChI is InChI=1S/C21H18N6O3S/c28-18(12-30-16-9-5-2-6-10-16)25-26-19(29)13-31-21-17-11-24-27(20(17)22-14-23-21)15-7-3-1-4-8-15/h1-11,14H,12-13H2,(H,25,28)(H,26,29). The number of carbonyl (C=O) groups excluding carboxylic acids is 2. The van der Waals surface area contributed by atoms with Crippen LogP contribution in [0.5, 0.6) is 5.75 Å². The summed E-state index contributed by atoms with van der Waals surface area (Å²) in [4.78, 5) is 32.5. The van der Waals surface area contributed by atoms with Crippen molar-refractivity contribution >= 4 is 34.6 Å². The van der Waals surface area contributed by atoms with Crippen LogP contribution in [0.2, 0.25) is 0 Å². The molecule has 0 saturated carbocycles. The summed E-state index contributed by atoms with van der Waals surface area (Å²) in [5.41, 5.74) is 6.22. The number of fused-ring (bicyclic) bond motifs is 1. The van der Waals surface area contributed by atoms with Crippen LogP contribution in [0.15, 0.2) is 78.2 Å². The van der Waals surface area contributed by atoms with Crippen molar-refractivity contribution in [2.45, 2.75) is 5.03 Å². The summed E-state index contributed by atoms with van der Waals surface area (Å²) in [5.74, 6) is -0.206. The molecule has 10 heteroatoms. The summed E-state index contributed by atoms with van der Waals surface area (Å²) in [6.45, 7) is -0.206. The zero-order valence-corrected chi connectivity index (χ0v) is 17.1. The number of hydrogen-bond acceptors (Lipinski definition) is 7. The molecule has 4 aromatic rings. The van der Waals surface area contributed by atoms with Crippen LogP contribution in [0, 0.1) is 0 Å². The van der Waals surface area contributed by atoms with Crippen molar-refractivity contribution < 1.29 is 14.3 Å². The molecule has 9 nitrogen and oxygen atoms in total. The largest absolute Gasteiger partial charge is 0.484 e. The molecule has 0 aliphatic rings. The van der Waals surface area contributed by atoms with Gasteiger partial charge in [0.25, 0.3) is 5.91 Å². The first-order chi connectivity index (χ1) is 15.2. The summed E-state index contributed by atoms with van der Waals surface area (Å²) < 4.78 is 7.04. The van der Waals surface area contributed by atoms with Gasteiger partial charge in [-0.05, 0) is 24.3 Å². The van der Waals surface area contributed by atoms with Crippen molar-refractivity contribution in [3.63, 3.8) is 0 Å². The van der Waals surface area contributed by atoms with Gasteiger partial charge in [-0.25, -0.2) is 14.6 Å². The smallest absolute Gasteiger partial charge is 0.276 e. The van der Waals surface area contributed by atoms with E-state index in [0.29, 0.717) is 16.4 Å². The molecule has 2 N–H and O–H groups in total. The fraction of sp³-hybridized carbons (Fsp3) is 0.0952. The first kappa shape index (κ1) is 20.4. The molecule has 2 amide bonds. The van der Waals surface area contributed by atoms with Gasteiger partial charge in [-0.1, -0.05) is 48.2 Å². The van der Waals surface area contributed by atoms with Crippen LogP contribution in [0.1, 0.15) is 0 Å². The molecule has 31 heavy (non-hydrogen) atoms. The lowest BCUT2D eigenvalue weighted by atomic mass is 10.3. The van der Waals surface area contributed by atoms with Crippen LogP contribution in [-0.4, -0.2) is 43.9 Å². The van der Waals surface area contributed by atoms with Crippen molar-refractivity contribution in [3.8, 4) is 11.4 Å². The molecule has 0 spiro atoms. The first-order valence-corrected chi connectivity index (χ1v) is 10.3. The number of hydrazine groups is 1. The third-order valence-electron chi connectivity index (χ3n) is 4.12. The average Bonchev–Trinajstić information content (AvgIpc) is 3.26. The molecule has 2 aromatic carbocycles. The van der Waals surface area contributed by atoms with Gasteiger partial charge in [-0.2, -0.15) is 5.10 Å². The normalized spacial score (nSPS) is 10.6. The number of thioether (sulfide) groups is 1. The molecule has 0 unspecified atom stereocenters. The lowest BCUT2D eigenvalue weighted by Crippen LogP contribution is -2.44. The first-order valence-electron chi connectivity index (χ1n) is 9.33. The van der Waals surface area contributed by atoms with Gasteiger partial charge in [-0.15, -0.1) is 0 Å². The number of benzene rings is 2. The van der Waals surface area contributed by atoms with E-state index in [4.69, 9.17) is 4.74 Å². The molecule has 2 heterocycles. The highest BCUT2D eigenvalue weighted by atomic mass is 32.2. The summed E-state index contributed by atoms with van der Waals surface area (Å²) in [7, 11) is 0. The highest BCUT2D eigenvalue weighted by Gasteiger charge is 2.13. The molecule has 0 aliphatic carbocycles. The summed E-state index contributed by atoms with van der Waals surface area (Å²) in [5, 5.41) is 5.75. The number of aromatic nitrogens is 4. The summed E-state index contributed by atoms with van der Waals surface area (Å²) in [6, 6.07) is 18.6. The molecular weight excluding hydrogens is 416 g/mol. The predicted octanol–water partition coefficient (Wildman–Crippen LogP) is 2.13. The van der Waals surface area contributed by atoms with Crippen LogP contribution in [0.25, 0.3) is 16.7 Å². The zero-order chi connectivity index (χ0) is 21.5. The third-order valence-corrected chi connectivity index (χ3v) is 5.13. The van der Waals surface area contributed by atoms with E-state index in [1.54, 1.807) is 35.1 Å². The second kappa shape index (κ2) is 9.72. The Balaban J connectivity index is 1.30. The maximum Gasteiger partial charge on any atom is 0.276 e. The van der Waals surface area contributed by atoms with Gasteiger partial charge in [-0.3, -0.25) is 20.4 Å². The van der Waals surface area contributed by atoms with Crippen molar-refractivity contribution in [2.75, 3.05) is 12.4 Å². The van der Waals surface area contributed by atoms with E-state index in [-0.39, 0.29) is 18.3 Å². The van der Waals surface area contributed by atoms with E-state index in [1.165, 1.54) is 18.1 Å². The van der Waals surface area contributed by atoms with E-state index >= 15 is 0 Å². The van der Waals surface area contributed by atoms with E-state index in [9.17, 15) is 9.59 Å². The molecule has 0 radical (unpaired) electrons. The van der Waals surface area contributed by atoms with Crippen LogP contribution in [-0.2, 0) is 9.59 Å². The van der Waals surface area contributed by atoms with Crippen LogP contribution >= 0.6 is 11.8 Å². The molecule has 2 aromatic heterocycles. The van der Waals surface area contributed by atoms with Crippen LogP contribution in [0.3, 0.4) is 0 Å². The SMILES string of the molecule is O=C(COc1ccccc1)NNC(=O)CSc1ncnc2c1cnn2-c1ccccc1. The molecule has 156 valence electrons. The number of amides is 2. The minimum atomic E-state index is -0.462. The van der Waals surface area contributed by atoms with E-state index < -0.39 is 5.91 Å². The maximum atomic E-state index is 12.1. The topological polar surface area (TPSA) is 111 Å². The quantitative estimate of drug-likeness (QED) is 0.260. The Morgan fingerprint density at radius 3 is 2.42 bits per heavy atom. The Morgan fingerprint density at radius 2 is 1.65 bits per heavy atom. The van der Waals surface area contributed by atoms with Gasteiger partial charge in [0, 0.05) is 0 Å². The lowest BCUT2D eigenvalue weighted by molar-refractivity contribution is -0.128. The predicted molar refractivity (Wildman–Crippen MR) is 116 cm³/mol. The number of nitrogens with zero attached hydrogens (tertiary/aromatic N) is 4. The Kier molecular flexibility index (Phi) is 6.38. The second-order valence-corrected chi connectivity index (χ2v) is 7.26. The number of hydrogen-bond donors (Lipinski definition) is 2. The Labute approximate surface area is 181 Å². The molecule has 0 bridgehead atoms. The monoisotopic (exact) mass is 434 g/mol. The number of carbonyl (C=O) groups is 2. The second-order valence-electron chi connectivity index (χ2n) is 6.29. The Bertz CT molecular complexity index is 1180. The lowest BCUT2D eigenvalue weighted by Gasteiger charge is -2.08. The molecule has 0 aliphatic heterocycles. The molecular formula is C21H18N6O3S. The van der Waals surface area contributed by atoms with Gasteiger partial charge < -0.3 is 4.74 Å². The van der Waals surface area contributed by atoms with Gasteiger partial charge in [0.05, 0.1) is 23.0 Å². The van der Waals surface area contributed by atoms with Gasteiger partial charge in [0.1, 0.15) is 17.1 Å². The van der Waals surface area contributed by atoms with Crippen molar-refractivity contribution in [1.82, 2.24) is 30.6 Å². The Hall–Kier alpha value is -3.92. The number of ether oxygens (including phenoxy) is 1. The van der Waals surface area contributed by atoms with Crippen molar-refractivity contribution in [2.24, 2.45) is 0 Å². The zero-order valence-electron chi connectivity index (χ0n) is 16.3. The van der Waals surface area contributed by atoms with Gasteiger partial charge >= 0.3 is 0 Å². The fourth-order valence-electron chi connectivity index (χ4n) is 2.71. The van der Waals surface area contributed by atoms with E-state index in [0.717, 1.165) is 11.1 Å².